The molecule has 106 valence electrons. The van der Waals surface area contributed by atoms with Gasteiger partial charge in [0.15, 0.2) is 0 Å². The number of fused-ring (bicyclic) bond motifs is 1. The molecule has 0 spiro atoms. The van der Waals surface area contributed by atoms with Crippen molar-refractivity contribution in [3.8, 4) is 0 Å². The van der Waals surface area contributed by atoms with Crippen molar-refractivity contribution in [3.63, 3.8) is 0 Å². The maximum Gasteiger partial charge on any atom is 0.271 e. The Morgan fingerprint density at radius 1 is 1.50 bits per heavy atom. The summed E-state index contributed by atoms with van der Waals surface area (Å²) in [6, 6.07) is 1.89. The number of carbonyl (C=O) groups excluding carboxylic acids is 1. The zero-order valence-electron chi connectivity index (χ0n) is 11.2. The number of rotatable bonds is 5. The van der Waals surface area contributed by atoms with Crippen LogP contribution in [0, 0.1) is 0 Å². The standard InChI is InChI=1S/C13H18N6O/c20-12(14-4-2-8-19-9-3-6-16-19)11-10-18-7-1-5-15-13(18)17-11/h3,6,9-10H,1-2,4-5,7-8H2,(H,14,20)(H,15,17). The SMILES string of the molecule is O=C(NCCCn1cccn1)c1cn2c(n1)NCCC2. The van der Waals surface area contributed by atoms with Crippen LogP contribution in [0.2, 0.25) is 0 Å². The quantitative estimate of drug-likeness (QED) is 0.787. The smallest absolute Gasteiger partial charge is 0.271 e. The molecule has 0 atom stereocenters. The molecule has 0 radical (unpaired) electrons. The van der Waals surface area contributed by atoms with E-state index in [-0.39, 0.29) is 5.91 Å². The molecule has 3 rings (SSSR count). The van der Waals surface area contributed by atoms with E-state index in [1.54, 1.807) is 6.20 Å². The predicted molar refractivity (Wildman–Crippen MR) is 74.5 cm³/mol. The molecule has 2 aromatic rings. The van der Waals surface area contributed by atoms with Crippen molar-refractivity contribution in [2.45, 2.75) is 25.9 Å². The van der Waals surface area contributed by atoms with E-state index in [0.29, 0.717) is 12.2 Å². The summed E-state index contributed by atoms with van der Waals surface area (Å²) >= 11 is 0. The molecular formula is C13H18N6O. The summed E-state index contributed by atoms with van der Waals surface area (Å²) in [7, 11) is 0. The van der Waals surface area contributed by atoms with Gasteiger partial charge in [0.2, 0.25) is 5.95 Å². The van der Waals surface area contributed by atoms with Crippen LogP contribution in [-0.2, 0) is 13.1 Å². The van der Waals surface area contributed by atoms with Crippen molar-refractivity contribution >= 4 is 11.9 Å². The largest absolute Gasteiger partial charge is 0.356 e. The van der Waals surface area contributed by atoms with Crippen LogP contribution in [0.15, 0.2) is 24.7 Å². The molecule has 0 saturated carbocycles. The first-order valence-corrected chi connectivity index (χ1v) is 6.89. The maximum absolute atomic E-state index is 12.0. The van der Waals surface area contributed by atoms with Crippen molar-refractivity contribution in [2.24, 2.45) is 0 Å². The van der Waals surface area contributed by atoms with Gasteiger partial charge in [-0.05, 0) is 18.9 Å². The molecule has 0 bridgehead atoms. The molecule has 0 aliphatic carbocycles. The molecule has 7 nitrogen and oxygen atoms in total. The van der Waals surface area contributed by atoms with Crippen molar-refractivity contribution < 1.29 is 4.79 Å². The van der Waals surface area contributed by atoms with E-state index in [2.05, 4.69) is 20.7 Å². The molecule has 0 unspecified atom stereocenters. The Bertz CT molecular complexity index is 550. The van der Waals surface area contributed by atoms with Crippen LogP contribution in [-0.4, -0.2) is 38.3 Å². The number of anilines is 1. The molecule has 0 aromatic carbocycles. The number of carbonyl (C=O) groups is 1. The lowest BCUT2D eigenvalue weighted by atomic mass is 10.3. The van der Waals surface area contributed by atoms with Gasteiger partial charge in [-0.1, -0.05) is 0 Å². The van der Waals surface area contributed by atoms with E-state index in [4.69, 9.17) is 0 Å². The highest BCUT2D eigenvalue weighted by molar-refractivity contribution is 5.92. The van der Waals surface area contributed by atoms with Gasteiger partial charge in [0.25, 0.3) is 5.91 Å². The number of amides is 1. The molecule has 2 aromatic heterocycles. The zero-order chi connectivity index (χ0) is 13.8. The molecule has 7 heteroatoms. The first-order chi connectivity index (χ1) is 9.83. The average Bonchev–Trinajstić information content (AvgIpc) is 3.12. The molecule has 2 N–H and O–H groups in total. The summed E-state index contributed by atoms with van der Waals surface area (Å²) in [5, 5.41) is 10.2. The van der Waals surface area contributed by atoms with Crippen LogP contribution in [0.4, 0.5) is 5.95 Å². The number of hydrogen-bond donors (Lipinski definition) is 2. The summed E-state index contributed by atoms with van der Waals surface area (Å²) in [5.41, 5.74) is 0.480. The fraction of sp³-hybridized carbons (Fsp3) is 0.462. The van der Waals surface area contributed by atoms with E-state index in [9.17, 15) is 4.79 Å². The first-order valence-electron chi connectivity index (χ1n) is 6.89. The van der Waals surface area contributed by atoms with Crippen LogP contribution in [0.3, 0.4) is 0 Å². The van der Waals surface area contributed by atoms with Gasteiger partial charge in [-0.3, -0.25) is 9.48 Å². The monoisotopic (exact) mass is 274 g/mol. The number of nitrogens with one attached hydrogen (secondary N) is 2. The minimum atomic E-state index is -0.117. The number of aryl methyl sites for hydroxylation is 2. The van der Waals surface area contributed by atoms with Gasteiger partial charge in [-0.25, -0.2) is 4.98 Å². The van der Waals surface area contributed by atoms with E-state index in [0.717, 1.165) is 38.4 Å². The van der Waals surface area contributed by atoms with Crippen molar-refractivity contribution in [1.29, 1.82) is 0 Å². The Hall–Kier alpha value is -2.31. The Balaban J connectivity index is 1.48. The zero-order valence-corrected chi connectivity index (χ0v) is 11.2. The number of aromatic nitrogens is 4. The van der Waals surface area contributed by atoms with E-state index in [1.165, 1.54) is 0 Å². The number of hydrogen-bond acceptors (Lipinski definition) is 4. The first kappa shape index (κ1) is 12.7. The third kappa shape index (κ3) is 2.81. The summed E-state index contributed by atoms with van der Waals surface area (Å²) in [4.78, 5) is 16.3. The highest BCUT2D eigenvalue weighted by Crippen LogP contribution is 2.13. The summed E-state index contributed by atoms with van der Waals surface area (Å²) in [6.45, 7) is 3.26. The van der Waals surface area contributed by atoms with Crippen molar-refractivity contribution in [2.75, 3.05) is 18.4 Å². The maximum atomic E-state index is 12.0. The molecule has 1 aliphatic rings. The lowest BCUT2D eigenvalue weighted by Crippen LogP contribution is -2.25. The molecule has 1 amide bonds. The molecular weight excluding hydrogens is 256 g/mol. The average molecular weight is 274 g/mol. The van der Waals surface area contributed by atoms with Crippen molar-refractivity contribution in [1.82, 2.24) is 24.6 Å². The Morgan fingerprint density at radius 2 is 2.45 bits per heavy atom. The minimum Gasteiger partial charge on any atom is -0.356 e. The van der Waals surface area contributed by atoms with E-state index >= 15 is 0 Å². The number of nitrogens with zero attached hydrogens (tertiary/aromatic N) is 4. The molecule has 20 heavy (non-hydrogen) atoms. The molecule has 0 fully saturated rings. The highest BCUT2D eigenvalue weighted by Gasteiger charge is 2.15. The van der Waals surface area contributed by atoms with Gasteiger partial charge in [-0.15, -0.1) is 0 Å². The lowest BCUT2D eigenvalue weighted by molar-refractivity contribution is 0.0948. The van der Waals surface area contributed by atoms with Crippen molar-refractivity contribution in [3.05, 3.63) is 30.4 Å². The van der Waals surface area contributed by atoms with Gasteiger partial charge in [0.05, 0.1) is 0 Å². The van der Waals surface area contributed by atoms with E-state index in [1.807, 2.05) is 27.7 Å². The van der Waals surface area contributed by atoms with Crippen LogP contribution < -0.4 is 10.6 Å². The summed E-state index contributed by atoms with van der Waals surface area (Å²) in [5.74, 6) is 0.673. The second-order valence-electron chi connectivity index (χ2n) is 4.80. The second-order valence-corrected chi connectivity index (χ2v) is 4.80. The van der Waals surface area contributed by atoms with E-state index < -0.39 is 0 Å². The summed E-state index contributed by atoms with van der Waals surface area (Å²) < 4.78 is 3.84. The van der Waals surface area contributed by atoms with Gasteiger partial charge in [0, 0.05) is 44.8 Å². The minimum absolute atomic E-state index is 0.117. The normalized spacial score (nSPS) is 13.6. The fourth-order valence-electron chi connectivity index (χ4n) is 2.25. The molecule has 3 heterocycles. The Morgan fingerprint density at radius 3 is 3.25 bits per heavy atom. The lowest BCUT2D eigenvalue weighted by Gasteiger charge is -2.14. The summed E-state index contributed by atoms with van der Waals surface area (Å²) in [6.07, 6.45) is 7.38. The van der Waals surface area contributed by atoms with Gasteiger partial charge in [0.1, 0.15) is 5.69 Å². The van der Waals surface area contributed by atoms with Crippen LogP contribution in [0.5, 0.6) is 0 Å². The number of imidazole rings is 1. The topological polar surface area (TPSA) is 76.8 Å². The third-order valence-corrected chi connectivity index (χ3v) is 3.28. The third-order valence-electron chi connectivity index (χ3n) is 3.28. The molecule has 1 aliphatic heterocycles. The predicted octanol–water partition coefficient (Wildman–Crippen LogP) is 0.715. The van der Waals surface area contributed by atoms with Crippen LogP contribution >= 0.6 is 0 Å². The van der Waals surface area contributed by atoms with Gasteiger partial charge < -0.3 is 15.2 Å². The second kappa shape index (κ2) is 5.77. The van der Waals surface area contributed by atoms with Crippen LogP contribution in [0.1, 0.15) is 23.3 Å². The van der Waals surface area contributed by atoms with Crippen LogP contribution in [0.25, 0.3) is 0 Å². The molecule has 0 saturated heterocycles. The van der Waals surface area contributed by atoms with Gasteiger partial charge >= 0.3 is 0 Å². The van der Waals surface area contributed by atoms with Gasteiger partial charge in [-0.2, -0.15) is 5.10 Å². The highest BCUT2D eigenvalue weighted by atomic mass is 16.1. The Labute approximate surface area is 117 Å². The fourth-order valence-corrected chi connectivity index (χ4v) is 2.25. The Kier molecular flexibility index (Phi) is 3.67.